The van der Waals surface area contributed by atoms with Crippen molar-refractivity contribution in [2.45, 2.75) is 12.8 Å². The monoisotopic (exact) mass is 191 g/mol. The first-order valence-electron chi connectivity index (χ1n) is 4.21. The van der Waals surface area contributed by atoms with E-state index in [1.54, 1.807) is 0 Å². The van der Waals surface area contributed by atoms with E-state index in [9.17, 15) is 0 Å². The molecule has 0 fully saturated rings. The standard InChI is InChI=1S/C11H10ClN/c1-8-2-3-11-10(4-8)5-9(6-12)7-13-11/h2-5,7H,6H2,1H3. The topological polar surface area (TPSA) is 12.9 Å². The molecule has 66 valence electrons. The van der Waals surface area contributed by atoms with Gasteiger partial charge in [-0.1, -0.05) is 11.6 Å². The number of pyridine rings is 1. The maximum absolute atomic E-state index is 5.73. The molecule has 2 aromatic rings. The Balaban J connectivity index is 2.68. The first-order chi connectivity index (χ1) is 6.29. The highest BCUT2D eigenvalue weighted by Crippen LogP contribution is 2.15. The number of fused-ring (bicyclic) bond motifs is 1. The van der Waals surface area contributed by atoms with E-state index in [0.717, 1.165) is 16.5 Å². The van der Waals surface area contributed by atoms with E-state index in [1.807, 2.05) is 12.3 Å². The molecular formula is C11H10ClN. The Morgan fingerprint density at radius 1 is 1.31 bits per heavy atom. The zero-order valence-corrected chi connectivity index (χ0v) is 8.17. The van der Waals surface area contributed by atoms with Crippen LogP contribution in [0.4, 0.5) is 0 Å². The Bertz CT molecular complexity index is 437. The van der Waals surface area contributed by atoms with Crippen molar-refractivity contribution in [2.75, 3.05) is 0 Å². The predicted molar refractivity (Wildman–Crippen MR) is 56.0 cm³/mol. The Morgan fingerprint density at radius 3 is 2.92 bits per heavy atom. The molecule has 0 aliphatic carbocycles. The number of alkyl halides is 1. The highest BCUT2D eigenvalue weighted by molar-refractivity contribution is 6.17. The molecule has 0 aliphatic rings. The minimum absolute atomic E-state index is 0.525. The maximum Gasteiger partial charge on any atom is 0.0702 e. The number of benzene rings is 1. The summed E-state index contributed by atoms with van der Waals surface area (Å²) in [5, 5.41) is 1.16. The van der Waals surface area contributed by atoms with Crippen LogP contribution >= 0.6 is 11.6 Å². The van der Waals surface area contributed by atoms with Crippen molar-refractivity contribution in [2.24, 2.45) is 0 Å². The second-order valence-electron chi connectivity index (χ2n) is 3.17. The summed E-state index contributed by atoms with van der Waals surface area (Å²) >= 11 is 5.73. The molecule has 0 unspecified atom stereocenters. The lowest BCUT2D eigenvalue weighted by Gasteiger charge is -2.00. The molecular weight excluding hydrogens is 182 g/mol. The second kappa shape index (κ2) is 3.35. The molecule has 1 nitrogen and oxygen atoms in total. The minimum Gasteiger partial charge on any atom is -0.256 e. The van der Waals surface area contributed by atoms with Crippen molar-refractivity contribution in [1.82, 2.24) is 4.98 Å². The Kier molecular flexibility index (Phi) is 2.19. The number of hydrogen-bond donors (Lipinski definition) is 0. The first kappa shape index (κ1) is 8.52. The van der Waals surface area contributed by atoms with Gasteiger partial charge in [0.2, 0.25) is 0 Å². The van der Waals surface area contributed by atoms with E-state index >= 15 is 0 Å². The second-order valence-corrected chi connectivity index (χ2v) is 3.44. The van der Waals surface area contributed by atoms with Crippen LogP contribution < -0.4 is 0 Å². The molecule has 0 saturated heterocycles. The van der Waals surface area contributed by atoms with Gasteiger partial charge in [0.1, 0.15) is 0 Å². The summed E-state index contributed by atoms with van der Waals surface area (Å²) in [6.07, 6.45) is 1.82. The highest BCUT2D eigenvalue weighted by atomic mass is 35.5. The van der Waals surface area contributed by atoms with Crippen LogP contribution in [-0.4, -0.2) is 4.98 Å². The molecule has 0 saturated carbocycles. The highest BCUT2D eigenvalue weighted by Gasteiger charge is 1.96. The van der Waals surface area contributed by atoms with Gasteiger partial charge in [0, 0.05) is 17.5 Å². The molecule has 0 bridgehead atoms. The van der Waals surface area contributed by atoms with Crippen LogP contribution in [0.15, 0.2) is 30.5 Å². The maximum atomic E-state index is 5.73. The van der Waals surface area contributed by atoms with E-state index in [-0.39, 0.29) is 0 Å². The molecule has 2 heteroatoms. The smallest absolute Gasteiger partial charge is 0.0702 e. The third-order valence-electron chi connectivity index (χ3n) is 2.05. The molecule has 2 rings (SSSR count). The number of aromatic nitrogens is 1. The molecule has 0 radical (unpaired) electrons. The molecule has 0 N–H and O–H groups in total. The van der Waals surface area contributed by atoms with E-state index < -0.39 is 0 Å². The summed E-state index contributed by atoms with van der Waals surface area (Å²) in [6.45, 7) is 2.08. The van der Waals surface area contributed by atoms with Gasteiger partial charge >= 0.3 is 0 Å². The van der Waals surface area contributed by atoms with Gasteiger partial charge in [-0.05, 0) is 30.7 Å². The summed E-state index contributed by atoms with van der Waals surface area (Å²) in [4.78, 5) is 4.31. The predicted octanol–water partition coefficient (Wildman–Crippen LogP) is 3.28. The van der Waals surface area contributed by atoms with Crippen LogP contribution in [0.5, 0.6) is 0 Å². The Labute approximate surface area is 82.4 Å². The number of nitrogens with zero attached hydrogens (tertiary/aromatic N) is 1. The van der Waals surface area contributed by atoms with Gasteiger partial charge in [-0.15, -0.1) is 11.6 Å². The van der Waals surface area contributed by atoms with Crippen molar-refractivity contribution >= 4 is 22.5 Å². The lowest BCUT2D eigenvalue weighted by Crippen LogP contribution is -1.84. The average molecular weight is 192 g/mol. The fraction of sp³-hybridized carbons (Fsp3) is 0.182. The van der Waals surface area contributed by atoms with Gasteiger partial charge in [0.25, 0.3) is 0 Å². The molecule has 0 atom stereocenters. The molecule has 1 aromatic heterocycles. The first-order valence-corrected chi connectivity index (χ1v) is 4.74. The van der Waals surface area contributed by atoms with Gasteiger partial charge in [-0.25, -0.2) is 0 Å². The summed E-state index contributed by atoms with van der Waals surface area (Å²) < 4.78 is 0. The molecule has 13 heavy (non-hydrogen) atoms. The van der Waals surface area contributed by atoms with E-state index in [2.05, 4.69) is 30.1 Å². The molecule has 0 spiro atoms. The fourth-order valence-electron chi connectivity index (χ4n) is 1.37. The van der Waals surface area contributed by atoms with Gasteiger partial charge in [0.05, 0.1) is 5.52 Å². The van der Waals surface area contributed by atoms with Crippen molar-refractivity contribution in [3.8, 4) is 0 Å². The van der Waals surface area contributed by atoms with E-state index in [4.69, 9.17) is 11.6 Å². The third-order valence-corrected chi connectivity index (χ3v) is 2.36. The molecule has 0 amide bonds. The Hall–Kier alpha value is -1.08. The Morgan fingerprint density at radius 2 is 2.15 bits per heavy atom. The van der Waals surface area contributed by atoms with Gasteiger partial charge in [0.15, 0.2) is 0 Å². The summed E-state index contributed by atoms with van der Waals surface area (Å²) in [5.41, 5.74) is 3.35. The number of hydrogen-bond acceptors (Lipinski definition) is 1. The number of aryl methyl sites for hydroxylation is 1. The summed E-state index contributed by atoms with van der Waals surface area (Å²) in [7, 11) is 0. The van der Waals surface area contributed by atoms with Crippen LogP contribution in [0, 0.1) is 6.92 Å². The number of halogens is 1. The lowest BCUT2D eigenvalue weighted by molar-refractivity contribution is 1.30. The van der Waals surface area contributed by atoms with Crippen molar-refractivity contribution in [3.05, 3.63) is 41.6 Å². The van der Waals surface area contributed by atoms with Crippen molar-refractivity contribution in [1.29, 1.82) is 0 Å². The van der Waals surface area contributed by atoms with Crippen LogP contribution in [0.1, 0.15) is 11.1 Å². The quantitative estimate of drug-likeness (QED) is 0.631. The van der Waals surface area contributed by atoms with E-state index in [0.29, 0.717) is 5.88 Å². The zero-order valence-electron chi connectivity index (χ0n) is 7.42. The summed E-state index contributed by atoms with van der Waals surface area (Å²) in [6, 6.07) is 8.30. The normalized spacial score (nSPS) is 10.6. The van der Waals surface area contributed by atoms with Gasteiger partial charge in [-0.3, -0.25) is 4.98 Å². The SMILES string of the molecule is Cc1ccc2ncc(CCl)cc2c1. The van der Waals surface area contributed by atoms with E-state index in [1.165, 1.54) is 5.56 Å². The van der Waals surface area contributed by atoms with Crippen LogP contribution in [0.3, 0.4) is 0 Å². The number of rotatable bonds is 1. The molecule has 1 heterocycles. The fourth-order valence-corrected chi connectivity index (χ4v) is 1.52. The van der Waals surface area contributed by atoms with Crippen LogP contribution in [0.2, 0.25) is 0 Å². The zero-order chi connectivity index (χ0) is 9.26. The van der Waals surface area contributed by atoms with Crippen LogP contribution in [0.25, 0.3) is 10.9 Å². The minimum atomic E-state index is 0.525. The van der Waals surface area contributed by atoms with Crippen molar-refractivity contribution in [3.63, 3.8) is 0 Å². The largest absolute Gasteiger partial charge is 0.256 e. The third kappa shape index (κ3) is 1.65. The average Bonchev–Trinajstić information content (AvgIpc) is 2.16. The molecule has 0 aliphatic heterocycles. The van der Waals surface area contributed by atoms with Crippen LogP contribution in [-0.2, 0) is 5.88 Å². The summed E-state index contributed by atoms with van der Waals surface area (Å²) in [5.74, 6) is 0.525. The van der Waals surface area contributed by atoms with Gasteiger partial charge in [-0.2, -0.15) is 0 Å². The molecule has 1 aromatic carbocycles. The van der Waals surface area contributed by atoms with Crippen molar-refractivity contribution < 1.29 is 0 Å². The van der Waals surface area contributed by atoms with Gasteiger partial charge < -0.3 is 0 Å². The lowest BCUT2D eigenvalue weighted by atomic mass is 10.1.